The van der Waals surface area contributed by atoms with Gasteiger partial charge in [-0.3, -0.25) is 4.79 Å². The van der Waals surface area contributed by atoms with Crippen molar-refractivity contribution in [1.82, 2.24) is 5.32 Å². The standard InChI is InChI=1S/C14H21NO3/c1-5-10(2)15-14(16)11(3)18-13-9-7-6-8-12(13)17-4/h6-11H,5H2,1-4H3,(H,15,16)/t10-,11+/m0/s1. The minimum Gasteiger partial charge on any atom is -0.493 e. The number of ether oxygens (including phenoxy) is 2. The number of benzene rings is 1. The van der Waals surface area contributed by atoms with Gasteiger partial charge in [0.1, 0.15) is 0 Å². The summed E-state index contributed by atoms with van der Waals surface area (Å²) in [6.07, 6.45) is 0.350. The van der Waals surface area contributed by atoms with E-state index in [0.717, 1.165) is 6.42 Å². The van der Waals surface area contributed by atoms with Crippen LogP contribution >= 0.6 is 0 Å². The van der Waals surface area contributed by atoms with Crippen molar-refractivity contribution in [2.75, 3.05) is 7.11 Å². The van der Waals surface area contributed by atoms with Gasteiger partial charge in [0.05, 0.1) is 7.11 Å². The predicted octanol–water partition coefficient (Wildman–Crippen LogP) is 2.38. The molecule has 0 fully saturated rings. The van der Waals surface area contributed by atoms with Crippen LogP contribution in [0, 0.1) is 0 Å². The molecule has 1 aromatic rings. The molecule has 18 heavy (non-hydrogen) atoms. The predicted molar refractivity (Wildman–Crippen MR) is 71.0 cm³/mol. The molecule has 1 aromatic carbocycles. The number of methoxy groups -OCH3 is 1. The van der Waals surface area contributed by atoms with Crippen LogP contribution in [0.2, 0.25) is 0 Å². The third kappa shape index (κ3) is 3.95. The van der Waals surface area contributed by atoms with E-state index in [4.69, 9.17) is 9.47 Å². The van der Waals surface area contributed by atoms with E-state index in [1.54, 1.807) is 26.2 Å². The molecule has 1 N–H and O–H groups in total. The molecule has 0 heterocycles. The zero-order chi connectivity index (χ0) is 13.5. The second-order valence-corrected chi connectivity index (χ2v) is 4.23. The van der Waals surface area contributed by atoms with E-state index in [-0.39, 0.29) is 11.9 Å². The molecular weight excluding hydrogens is 230 g/mol. The summed E-state index contributed by atoms with van der Waals surface area (Å²) in [6, 6.07) is 7.44. The molecule has 0 saturated carbocycles. The van der Waals surface area contributed by atoms with E-state index in [1.807, 2.05) is 26.0 Å². The number of carbonyl (C=O) groups excluding carboxylic acids is 1. The largest absolute Gasteiger partial charge is 0.493 e. The van der Waals surface area contributed by atoms with Gasteiger partial charge >= 0.3 is 0 Å². The number of amides is 1. The number of para-hydroxylation sites is 2. The number of hydrogen-bond acceptors (Lipinski definition) is 3. The van der Waals surface area contributed by atoms with Crippen molar-refractivity contribution in [3.63, 3.8) is 0 Å². The van der Waals surface area contributed by atoms with Crippen molar-refractivity contribution >= 4 is 5.91 Å². The van der Waals surface area contributed by atoms with Gasteiger partial charge in [-0.1, -0.05) is 19.1 Å². The van der Waals surface area contributed by atoms with E-state index < -0.39 is 6.10 Å². The maximum Gasteiger partial charge on any atom is 0.260 e. The third-order valence-corrected chi connectivity index (χ3v) is 2.74. The Morgan fingerprint density at radius 1 is 1.28 bits per heavy atom. The fraction of sp³-hybridized carbons (Fsp3) is 0.500. The fourth-order valence-corrected chi connectivity index (χ4v) is 1.42. The Morgan fingerprint density at radius 3 is 2.44 bits per heavy atom. The second-order valence-electron chi connectivity index (χ2n) is 4.23. The highest BCUT2D eigenvalue weighted by Gasteiger charge is 2.17. The van der Waals surface area contributed by atoms with Crippen LogP contribution in [0.1, 0.15) is 27.2 Å². The first-order valence-corrected chi connectivity index (χ1v) is 6.18. The van der Waals surface area contributed by atoms with Gasteiger partial charge in [0.2, 0.25) is 0 Å². The maximum atomic E-state index is 11.8. The Bertz CT molecular complexity index is 392. The van der Waals surface area contributed by atoms with E-state index in [0.29, 0.717) is 11.5 Å². The smallest absolute Gasteiger partial charge is 0.260 e. The Labute approximate surface area is 108 Å². The monoisotopic (exact) mass is 251 g/mol. The van der Waals surface area contributed by atoms with Gasteiger partial charge in [-0.15, -0.1) is 0 Å². The minimum absolute atomic E-state index is 0.116. The van der Waals surface area contributed by atoms with E-state index in [2.05, 4.69) is 5.32 Å². The second kappa shape index (κ2) is 6.89. The number of carbonyl (C=O) groups is 1. The van der Waals surface area contributed by atoms with Gasteiger partial charge < -0.3 is 14.8 Å². The van der Waals surface area contributed by atoms with Crippen LogP contribution in [0.3, 0.4) is 0 Å². The first-order chi connectivity index (χ1) is 8.58. The van der Waals surface area contributed by atoms with Crippen molar-refractivity contribution in [3.05, 3.63) is 24.3 Å². The lowest BCUT2D eigenvalue weighted by Gasteiger charge is -2.18. The third-order valence-electron chi connectivity index (χ3n) is 2.74. The number of hydrogen-bond donors (Lipinski definition) is 1. The highest BCUT2D eigenvalue weighted by atomic mass is 16.5. The summed E-state index contributed by atoms with van der Waals surface area (Å²) in [4.78, 5) is 11.8. The first-order valence-electron chi connectivity index (χ1n) is 6.18. The van der Waals surface area contributed by atoms with Crippen LogP contribution in [0.15, 0.2) is 24.3 Å². The number of rotatable bonds is 6. The van der Waals surface area contributed by atoms with Crippen LogP contribution in [0.25, 0.3) is 0 Å². The Balaban J connectivity index is 2.63. The van der Waals surface area contributed by atoms with Crippen molar-refractivity contribution in [2.24, 2.45) is 0 Å². The molecule has 100 valence electrons. The topological polar surface area (TPSA) is 47.6 Å². The lowest BCUT2D eigenvalue weighted by atomic mass is 10.2. The Hall–Kier alpha value is -1.71. The molecule has 4 nitrogen and oxygen atoms in total. The average molecular weight is 251 g/mol. The van der Waals surface area contributed by atoms with Crippen molar-refractivity contribution in [2.45, 2.75) is 39.3 Å². The van der Waals surface area contributed by atoms with E-state index >= 15 is 0 Å². The van der Waals surface area contributed by atoms with Gasteiger partial charge in [-0.05, 0) is 32.4 Å². The highest BCUT2D eigenvalue weighted by Crippen LogP contribution is 2.26. The molecule has 0 bridgehead atoms. The number of nitrogens with one attached hydrogen (secondary N) is 1. The van der Waals surface area contributed by atoms with Gasteiger partial charge in [-0.2, -0.15) is 0 Å². The van der Waals surface area contributed by atoms with Crippen molar-refractivity contribution in [3.8, 4) is 11.5 Å². The van der Waals surface area contributed by atoms with Crippen molar-refractivity contribution in [1.29, 1.82) is 0 Å². The summed E-state index contributed by atoms with van der Waals surface area (Å²) in [5, 5.41) is 2.88. The molecule has 1 amide bonds. The normalized spacial score (nSPS) is 13.6. The van der Waals surface area contributed by atoms with Gasteiger partial charge in [0.25, 0.3) is 5.91 Å². The molecule has 0 aromatic heterocycles. The zero-order valence-corrected chi connectivity index (χ0v) is 11.4. The average Bonchev–Trinajstić information content (AvgIpc) is 2.39. The van der Waals surface area contributed by atoms with Crippen LogP contribution in [0.4, 0.5) is 0 Å². The summed E-state index contributed by atoms with van der Waals surface area (Å²) in [6.45, 7) is 5.72. The fourth-order valence-electron chi connectivity index (χ4n) is 1.42. The summed E-state index contributed by atoms with van der Waals surface area (Å²) in [5.41, 5.74) is 0. The molecule has 2 atom stereocenters. The van der Waals surface area contributed by atoms with Gasteiger partial charge in [0, 0.05) is 6.04 Å². The Morgan fingerprint density at radius 2 is 1.89 bits per heavy atom. The molecule has 0 unspecified atom stereocenters. The van der Waals surface area contributed by atoms with E-state index in [1.165, 1.54) is 0 Å². The quantitative estimate of drug-likeness (QED) is 0.844. The van der Waals surface area contributed by atoms with Crippen LogP contribution < -0.4 is 14.8 Å². The van der Waals surface area contributed by atoms with Crippen LogP contribution in [-0.4, -0.2) is 25.2 Å². The lowest BCUT2D eigenvalue weighted by molar-refractivity contribution is -0.127. The molecule has 0 spiro atoms. The lowest BCUT2D eigenvalue weighted by Crippen LogP contribution is -2.41. The Kier molecular flexibility index (Phi) is 5.49. The minimum atomic E-state index is -0.546. The SMILES string of the molecule is CC[C@H](C)NC(=O)[C@@H](C)Oc1ccccc1OC. The van der Waals surface area contributed by atoms with Gasteiger partial charge in [0.15, 0.2) is 17.6 Å². The maximum absolute atomic E-state index is 11.8. The van der Waals surface area contributed by atoms with Crippen LogP contribution in [-0.2, 0) is 4.79 Å². The zero-order valence-electron chi connectivity index (χ0n) is 11.4. The molecule has 0 aliphatic rings. The molecule has 0 saturated heterocycles. The summed E-state index contributed by atoms with van der Waals surface area (Å²) in [5.74, 6) is 1.09. The van der Waals surface area contributed by atoms with E-state index in [9.17, 15) is 4.79 Å². The summed E-state index contributed by atoms with van der Waals surface area (Å²) in [7, 11) is 1.58. The molecule has 0 aliphatic heterocycles. The summed E-state index contributed by atoms with van der Waals surface area (Å²) < 4.78 is 10.8. The molecule has 1 rings (SSSR count). The van der Waals surface area contributed by atoms with Gasteiger partial charge in [-0.25, -0.2) is 0 Å². The molecule has 0 radical (unpaired) electrons. The van der Waals surface area contributed by atoms with Crippen molar-refractivity contribution < 1.29 is 14.3 Å². The highest BCUT2D eigenvalue weighted by molar-refractivity contribution is 5.81. The first kappa shape index (κ1) is 14.4. The molecular formula is C14H21NO3. The molecule has 0 aliphatic carbocycles. The molecule has 4 heteroatoms. The summed E-state index contributed by atoms with van der Waals surface area (Å²) >= 11 is 0. The van der Waals surface area contributed by atoms with Crippen LogP contribution in [0.5, 0.6) is 11.5 Å².